The van der Waals surface area contributed by atoms with Gasteiger partial charge in [-0.1, -0.05) is 33.6 Å². The summed E-state index contributed by atoms with van der Waals surface area (Å²) >= 11 is 0. The second kappa shape index (κ2) is 2.73. The average molecular weight is 167 g/mol. The van der Waals surface area contributed by atoms with Crippen molar-refractivity contribution < 1.29 is 0 Å². The Morgan fingerprint density at radius 1 is 1.33 bits per heavy atom. The lowest BCUT2D eigenvalue weighted by molar-refractivity contribution is 0.0294. The average Bonchev–Trinajstić information content (AvgIpc) is 2.73. The number of fused-ring (bicyclic) bond motifs is 1. The molecule has 0 aliphatic carbocycles. The van der Waals surface area contributed by atoms with Gasteiger partial charge in [0.2, 0.25) is 0 Å². The zero-order valence-electron chi connectivity index (χ0n) is 8.64. The second-order valence-electron chi connectivity index (χ2n) is 4.48. The Bertz CT molecular complexity index is 174. The van der Waals surface area contributed by atoms with Gasteiger partial charge in [-0.05, 0) is 18.8 Å². The van der Waals surface area contributed by atoms with Crippen LogP contribution in [0, 0.1) is 5.92 Å². The van der Waals surface area contributed by atoms with Gasteiger partial charge in [0, 0.05) is 18.1 Å². The standard InChI is InChI=1S/C11H21N/c1-4-9(5-2)11(6-3)7-10-8-12(10)11/h9-10H,4-8H2,1-3H3. The van der Waals surface area contributed by atoms with Crippen LogP contribution in [0.3, 0.4) is 0 Å². The fourth-order valence-electron chi connectivity index (χ4n) is 3.40. The smallest absolute Gasteiger partial charge is 0.0254 e. The normalized spacial score (nSPS) is 44.0. The summed E-state index contributed by atoms with van der Waals surface area (Å²) in [5, 5.41) is 0. The molecule has 0 bridgehead atoms. The van der Waals surface area contributed by atoms with E-state index in [9.17, 15) is 0 Å². The molecule has 0 aromatic heterocycles. The van der Waals surface area contributed by atoms with Gasteiger partial charge >= 0.3 is 0 Å². The minimum absolute atomic E-state index is 0.647. The minimum atomic E-state index is 0.647. The van der Waals surface area contributed by atoms with E-state index in [4.69, 9.17) is 0 Å². The van der Waals surface area contributed by atoms with Crippen molar-refractivity contribution in [3.8, 4) is 0 Å². The van der Waals surface area contributed by atoms with Gasteiger partial charge < -0.3 is 0 Å². The van der Waals surface area contributed by atoms with E-state index in [1.165, 1.54) is 32.2 Å². The first-order chi connectivity index (χ1) is 5.78. The monoisotopic (exact) mass is 167 g/mol. The van der Waals surface area contributed by atoms with Crippen molar-refractivity contribution in [2.24, 2.45) is 5.92 Å². The van der Waals surface area contributed by atoms with Crippen LogP contribution in [0.25, 0.3) is 0 Å². The first-order valence-corrected chi connectivity index (χ1v) is 5.55. The summed E-state index contributed by atoms with van der Waals surface area (Å²) in [4.78, 5) is 2.73. The zero-order valence-corrected chi connectivity index (χ0v) is 8.64. The maximum absolute atomic E-state index is 2.73. The summed E-state index contributed by atoms with van der Waals surface area (Å²) in [5.74, 6) is 0.959. The zero-order chi connectivity index (χ0) is 8.77. The Balaban J connectivity index is 2.05. The Kier molecular flexibility index (Phi) is 1.95. The maximum atomic E-state index is 2.73. The Labute approximate surface area is 76.1 Å². The van der Waals surface area contributed by atoms with Crippen molar-refractivity contribution in [3.05, 3.63) is 0 Å². The van der Waals surface area contributed by atoms with Crippen molar-refractivity contribution >= 4 is 0 Å². The summed E-state index contributed by atoms with van der Waals surface area (Å²) in [5.41, 5.74) is 0.647. The van der Waals surface area contributed by atoms with Gasteiger partial charge in [0.25, 0.3) is 0 Å². The van der Waals surface area contributed by atoms with Gasteiger partial charge in [-0.25, -0.2) is 0 Å². The summed E-state index contributed by atoms with van der Waals surface area (Å²) in [6, 6.07) is 1.01. The lowest BCUT2D eigenvalue weighted by Gasteiger charge is -2.48. The van der Waals surface area contributed by atoms with Crippen LogP contribution in [-0.4, -0.2) is 23.0 Å². The summed E-state index contributed by atoms with van der Waals surface area (Å²) < 4.78 is 0. The lowest BCUT2D eigenvalue weighted by Crippen LogP contribution is -2.53. The highest BCUT2D eigenvalue weighted by molar-refractivity contribution is 5.18. The van der Waals surface area contributed by atoms with Crippen molar-refractivity contribution in [3.63, 3.8) is 0 Å². The lowest BCUT2D eigenvalue weighted by atomic mass is 9.71. The molecule has 0 amide bonds. The SMILES string of the molecule is CCC(CC)C1(CC)CC2CN21. The minimum Gasteiger partial charge on any atom is -0.291 e. The first kappa shape index (κ1) is 8.55. The number of hydrogen-bond donors (Lipinski definition) is 0. The van der Waals surface area contributed by atoms with Crippen LogP contribution in [0.15, 0.2) is 0 Å². The molecular formula is C11H21N. The molecule has 0 N–H and O–H groups in total. The van der Waals surface area contributed by atoms with E-state index in [-0.39, 0.29) is 0 Å². The van der Waals surface area contributed by atoms with Crippen LogP contribution < -0.4 is 0 Å². The highest BCUT2D eigenvalue weighted by Gasteiger charge is 2.62. The molecule has 2 saturated heterocycles. The predicted octanol–water partition coefficient (Wildman–Crippen LogP) is 2.66. The van der Waals surface area contributed by atoms with E-state index in [1.54, 1.807) is 0 Å². The van der Waals surface area contributed by atoms with Gasteiger partial charge in [0.1, 0.15) is 0 Å². The summed E-state index contributed by atoms with van der Waals surface area (Å²) in [6.07, 6.45) is 5.60. The maximum Gasteiger partial charge on any atom is 0.0254 e. The number of nitrogens with zero attached hydrogens (tertiary/aromatic N) is 1. The summed E-state index contributed by atoms with van der Waals surface area (Å²) in [6.45, 7) is 8.47. The predicted molar refractivity (Wildman–Crippen MR) is 52.2 cm³/mol. The molecule has 0 radical (unpaired) electrons. The molecule has 3 atom stereocenters. The molecule has 1 nitrogen and oxygen atoms in total. The van der Waals surface area contributed by atoms with Crippen LogP contribution >= 0.6 is 0 Å². The third-order valence-corrected chi connectivity index (χ3v) is 4.23. The molecule has 0 aromatic rings. The Morgan fingerprint density at radius 2 is 2.00 bits per heavy atom. The van der Waals surface area contributed by atoms with E-state index in [2.05, 4.69) is 25.7 Å². The topological polar surface area (TPSA) is 3.01 Å². The quantitative estimate of drug-likeness (QED) is 0.582. The number of rotatable bonds is 4. The fraction of sp³-hybridized carbons (Fsp3) is 1.00. The molecule has 2 heterocycles. The molecule has 2 rings (SSSR count). The van der Waals surface area contributed by atoms with Crippen LogP contribution in [0.5, 0.6) is 0 Å². The van der Waals surface area contributed by atoms with Crippen molar-refractivity contribution in [1.29, 1.82) is 0 Å². The highest BCUT2D eigenvalue weighted by Crippen LogP contribution is 2.55. The van der Waals surface area contributed by atoms with Gasteiger partial charge in [-0.3, -0.25) is 4.90 Å². The Morgan fingerprint density at radius 3 is 2.25 bits per heavy atom. The Hall–Kier alpha value is -0.0400. The molecule has 3 unspecified atom stereocenters. The highest BCUT2D eigenvalue weighted by atomic mass is 15.4. The number of hydrogen-bond acceptors (Lipinski definition) is 1. The summed E-state index contributed by atoms with van der Waals surface area (Å²) in [7, 11) is 0. The van der Waals surface area contributed by atoms with E-state index < -0.39 is 0 Å². The van der Waals surface area contributed by atoms with Gasteiger partial charge in [-0.2, -0.15) is 0 Å². The van der Waals surface area contributed by atoms with E-state index in [1.807, 2.05) is 0 Å². The molecule has 2 aliphatic rings. The van der Waals surface area contributed by atoms with Crippen LogP contribution in [0.1, 0.15) is 46.5 Å². The van der Waals surface area contributed by atoms with E-state index in [0.717, 1.165) is 12.0 Å². The molecule has 2 aliphatic heterocycles. The second-order valence-corrected chi connectivity index (χ2v) is 4.48. The fourth-order valence-corrected chi connectivity index (χ4v) is 3.40. The molecule has 1 heteroatoms. The first-order valence-electron chi connectivity index (χ1n) is 5.55. The third-order valence-electron chi connectivity index (χ3n) is 4.23. The molecular weight excluding hydrogens is 146 g/mol. The molecule has 0 spiro atoms. The van der Waals surface area contributed by atoms with Gasteiger partial charge in [0.05, 0.1) is 0 Å². The van der Waals surface area contributed by atoms with Crippen molar-refractivity contribution in [2.45, 2.75) is 58.0 Å². The molecule has 0 aromatic carbocycles. The van der Waals surface area contributed by atoms with Crippen LogP contribution in [0.2, 0.25) is 0 Å². The van der Waals surface area contributed by atoms with E-state index in [0.29, 0.717) is 5.54 Å². The third kappa shape index (κ3) is 0.891. The molecule has 2 fully saturated rings. The van der Waals surface area contributed by atoms with E-state index >= 15 is 0 Å². The molecule has 70 valence electrons. The largest absolute Gasteiger partial charge is 0.291 e. The van der Waals surface area contributed by atoms with Gasteiger partial charge in [-0.15, -0.1) is 0 Å². The molecule has 0 saturated carbocycles. The van der Waals surface area contributed by atoms with Crippen LogP contribution in [-0.2, 0) is 0 Å². The van der Waals surface area contributed by atoms with Crippen molar-refractivity contribution in [2.75, 3.05) is 6.54 Å². The van der Waals surface area contributed by atoms with Crippen molar-refractivity contribution in [1.82, 2.24) is 4.90 Å². The van der Waals surface area contributed by atoms with Gasteiger partial charge in [0.15, 0.2) is 0 Å². The molecule has 12 heavy (non-hydrogen) atoms. The van der Waals surface area contributed by atoms with Crippen LogP contribution in [0.4, 0.5) is 0 Å².